The van der Waals surface area contributed by atoms with Gasteiger partial charge in [-0.2, -0.15) is 4.72 Å². The molecule has 110 valence electrons. The van der Waals surface area contributed by atoms with Gasteiger partial charge in [-0.1, -0.05) is 5.92 Å². The molecule has 0 aliphatic rings. The third kappa shape index (κ3) is 2.89. The van der Waals surface area contributed by atoms with Crippen LogP contribution >= 0.6 is 0 Å². The van der Waals surface area contributed by atoms with Crippen LogP contribution in [0.4, 0.5) is 0 Å². The van der Waals surface area contributed by atoms with Crippen molar-refractivity contribution in [3.05, 3.63) is 27.8 Å². The molecule has 0 atom stereocenters. The molecule has 0 spiro atoms. The van der Waals surface area contributed by atoms with Gasteiger partial charge in [-0.3, -0.25) is 0 Å². The summed E-state index contributed by atoms with van der Waals surface area (Å²) in [6.45, 7) is 12.9. The second-order valence-corrected chi connectivity index (χ2v) is 7.45. The molecule has 0 bridgehead atoms. The van der Waals surface area contributed by atoms with Crippen molar-refractivity contribution in [2.24, 2.45) is 0 Å². The molecule has 0 unspecified atom stereocenters. The van der Waals surface area contributed by atoms with Crippen molar-refractivity contribution >= 4 is 10.0 Å². The maximum absolute atomic E-state index is 12.7. The highest BCUT2D eigenvalue weighted by molar-refractivity contribution is 7.89. The minimum atomic E-state index is -3.65. The number of rotatable bonds is 3. The topological polar surface area (TPSA) is 46.2 Å². The number of nitrogens with one attached hydrogen (secondary N) is 1. The van der Waals surface area contributed by atoms with E-state index in [9.17, 15) is 8.42 Å². The van der Waals surface area contributed by atoms with E-state index >= 15 is 0 Å². The molecule has 20 heavy (non-hydrogen) atoms. The summed E-state index contributed by atoms with van der Waals surface area (Å²) in [5, 5.41) is 0. The summed E-state index contributed by atoms with van der Waals surface area (Å²) in [5.74, 6) is 2.46. The van der Waals surface area contributed by atoms with Crippen molar-refractivity contribution in [3.8, 4) is 12.3 Å². The van der Waals surface area contributed by atoms with Crippen LogP contribution in [-0.2, 0) is 10.0 Å². The molecule has 4 heteroatoms. The Morgan fingerprint density at radius 3 is 1.60 bits per heavy atom. The molecule has 0 aromatic heterocycles. The number of benzene rings is 1. The van der Waals surface area contributed by atoms with E-state index in [-0.39, 0.29) is 0 Å². The van der Waals surface area contributed by atoms with E-state index in [0.29, 0.717) is 4.90 Å². The molecule has 0 amide bonds. The molecule has 0 aliphatic heterocycles. The van der Waals surface area contributed by atoms with E-state index in [1.165, 1.54) is 0 Å². The zero-order valence-corrected chi connectivity index (χ0v) is 14.1. The van der Waals surface area contributed by atoms with Crippen molar-refractivity contribution in [2.45, 2.75) is 58.9 Å². The van der Waals surface area contributed by atoms with Crippen molar-refractivity contribution in [1.29, 1.82) is 0 Å². The molecule has 0 heterocycles. The van der Waals surface area contributed by atoms with Gasteiger partial charge in [0.05, 0.1) is 10.4 Å². The van der Waals surface area contributed by atoms with Crippen molar-refractivity contribution < 1.29 is 8.42 Å². The van der Waals surface area contributed by atoms with Gasteiger partial charge >= 0.3 is 0 Å². The summed E-state index contributed by atoms with van der Waals surface area (Å²) >= 11 is 0. The normalized spacial score (nSPS) is 12.3. The first kappa shape index (κ1) is 16.7. The van der Waals surface area contributed by atoms with E-state index in [4.69, 9.17) is 6.42 Å². The SMILES string of the molecule is C#CC(C)(C)NS(=O)(=O)c1c(C)c(C)c(C)c(C)c1C. The molecule has 3 nitrogen and oxygen atoms in total. The average Bonchev–Trinajstić information content (AvgIpc) is 2.32. The number of terminal acetylenes is 1. The molecule has 1 N–H and O–H groups in total. The summed E-state index contributed by atoms with van der Waals surface area (Å²) in [7, 11) is -3.65. The van der Waals surface area contributed by atoms with E-state index in [1.807, 2.05) is 34.6 Å². The average molecular weight is 293 g/mol. The summed E-state index contributed by atoms with van der Waals surface area (Å²) in [6.07, 6.45) is 5.37. The Balaban J connectivity index is 3.61. The predicted molar refractivity (Wildman–Crippen MR) is 83.4 cm³/mol. The fourth-order valence-electron chi connectivity index (χ4n) is 2.29. The summed E-state index contributed by atoms with van der Waals surface area (Å²) in [4.78, 5) is 0.349. The van der Waals surface area contributed by atoms with Crippen LogP contribution in [0.2, 0.25) is 0 Å². The van der Waals surface area contributed by atoms with Crippen LogP contribution in [0, 0.1) is 47.0 Å². The Hall–Kier alpha value is -1.31. The number of sulfonamides is 1. The smallest absolute Gasteiger partial charge is 0.207 e. The largest absolute Gasteiger partial charge is 0.242 e. The van der Waals surface area contributed by atoms with Gasteiger partial charge in [-0.25, -0.2) is 8.42 Å². The van der Waals surface area contributed by atoms with Crippen LogP contribution in [-0.4, -0.2) is 14.0 Å². The van der Waals surface area contributed by atoms with E-state index in [0.717, 1.165) is 27.8 Å². The van der Waals surface area contributed by atoms with Gasteiger partial charge in [0.1, 0.15) is 0 Å². The molecular formula is C16H23NO2S. The Morgan fingerprint density at radius 2 is 1.25 bits per heavy atom. The lowest BCUT2D eigenvalue weighted by Gasteiger charge is -2.23. The van der Waals surface area contributed by atoms with Crippen LogP contribution in [0.15, 0.2) is 4.90 Å². The first-order valence-corrected chi connectivity index (χ1v) is 8.01. The lowest BCUT2D eigenvalue weighted by molar-refractivity contribution is 0.538. The summed E-state index contributed by atoms with van der Waals surface area (Å²) in [6, 6.07) is 0. The van der Waals surface area contributed by atoms with Gasteiger partial charge < -0.3 is 0 Å². The van der Waals surface area contributed by atoms with Crippen LogP contribution in [0.5, 0.6) is 0 Å². The molecule has 0 aliphatic carbocycles. The van der Waals surface area contributed by atoms with Crippen LogP contribution in [0.3, 0.4) is 0 Å². The van der Waals surface area contributed by atoms with Gasteiger partial charge in [0.25, 0.3) is 0 Å². The van der Waals surface area contributed by atoms with E-state index in [1.54, 1.807) is 13.8 Å². The maximum Gasteiger partial charge on any atom is 0.242 e. The molecule has 1 aromatic rings. The highest BCUT2D eigenvalue weighted by Crippen LogP contribution is 2.30. The van der Waals surface area contributed by atoms with E-state index in [2.05, 4.69) is 10.6 Å². The summed E-state index contributed by atoms with van der Waals surface area (Å²) < 4.78 is 27.9. The monoisotopic (exact) mass is 293 g/mol. The minimum absolute atomic E-state index is 0.349. The molecular weight excluding hydrogens is 270 g/mol. The molecule has 0 radical (unpaired) electrons. The lowest BCUT2D eigenvalue weighted by Crippen LogP contribution is -2.42. The lowest BCUT2D eigenvalue weighted by atomic mass is 9.95. The third-order valence-corrected chi connectivity index (χ3v) is 5.88. The zero-order valence-electron chi connectivity index (χ0n) is 13.3. The minimum Gasteiger partial charge on any atom is -0.207 e. The zero-order chi connectivity index (χ0) is 15.9. The van der Waals surface area contributed by atoms with Crippen LogP contribution < -0.4 is 4.72 Å². The standard InChI is InChI=1S/C16H23NO2S/c1-9-16(7,8)17-20(18,19)15-13(5)11(3)10(2)12(4)14(15)6/h1,17H,2-8H3. The van der Waals surface area contributed by atoms with Gasteiger partial charge in [-0.05, 0) is 76.3 Å². The summed E-state index contributed by atoms with van der Waals surface area (Å²) in [5.41, 5.74) is 3.80. The fourth-order valence-corrected chi connectivity index (χ4v) is 4.23. The molecule has 1 aromatic carbocycles. The Labute approximate surface area is 122 Å². The Bertz CT molecular complexity index is 663. The molecule has 0 fully saturated rings. The molecule has 0 saturated heterocycles. The first-order chi connectivity index (χ1) is 8.94. The highest BCUT2D eigenvalue weighted by atomic mass is 32.2. The fraction of sp³-hybridized carbons (Fsp3) is 0.500. The first-order valence-electron chi connectivity index (χ1n) is 6.53. The molecule has 0 saturated carbocycles. The maximum atomic E-state index is 12.7. The van der Waals surface area contributed by atoms with Crippen molar-refractivity contribution in [1.82, 2.24) is 4.72 Å². The Kier molecular flexibility index (Phi) is 4.38. The third-order valence-electron chi connectivity index (χ3n) is 3.95. The van der Waals surface area contributed by atoms with Crippen molar-refractivity contribution in [2.75, 3.05) is 0 Å². The van der Waals surface area contributed by atoms with Crippen LogP contribution in [0.25, 0.3) is 0 Å². The molecule has 1 rings (SSSR count). The number of hydrogen-bond donors (Lipinski definition) is 1. The van der Waals surface area contributed by atoms with Gasteiger partial charge in [0.15, 0.2) is 0 Å². The number of hydrogen-bond acceptors (Lipinski definition) is 2. The Morgan fingerprint density at radius 1 is 0.900 bits per heavy atom. The predicted octanol–water partition coefficient (Wildman–Crippen LogP) is 2.92. The quantitative estimate of drug-likeness (QED) is 0.871. The van der Waals surface area contributed by atoms with Crippen molar-refractivity contribution in [3.63, 3.8) is 0 Å². The van der Waals surface area contributed by atoms with Gasteiger partial charge in [0.2, 0.25) is 10.0 Å². The van der Waals surface area contributed by atoms with Gasteiger partial charge in [0, 0.05) is 0 Å². The second kappa shape index (κ2) is 5.23. The second-order valence-electron chi connectivity index (χ2n) is 5.83. The van der Waals surface area contributed by atoms with Crippen LogP contribution in [0.1, 0.15) is 41.7 Å². The van der Waals surface area contributed by atoms with Gasteiger partial charge in [-0.15, -0.1) is 6.42 Å². The van der Waals surface area contributed by atoms with E-state index < -0.39 is 15.6 Å². The highest BCUT2D eigenvalue weighted by Gasteiger charge is 2.28.